The van der Waals surface area contributed by atoms with Crippen LogP contribution in [0.1, 0.15) is 33.6 Å². The van der Waals surface area contributed by atoms with Crippen LogP contribution in [0.15, 0.2) is 24.3 Å². The summed E-state index contributed by atoms with van der Waals surface area (Å²) in [5, 5.41) is 5.99. The molecular weight excluding hydrogens is 252 g/mol. The number of nitrogens with one attached hydrogen (secondary N) is 2. The summed E-state index contributed by atoms with van der Waals surface area (Å²) in [6.45, 7) is 6.46. The van der Waals surface area contributed by atoms with Crippen molar-refractivity contribution in [2.45, 2.75) is 39.7 Å². The number of carbonyl (C=O) groups is 1. The molecule has 1 unspecified atom stereocenters. The van der Waals surface area contributed by atoms with Crippen molar-refractivity contribution < 1.29 is 9.53 Å². The van der Waals surface area contributed by atoms with E-state index in [4.69, 9.17) is 4.74 Å². The van der Waals surface area contributed by atoms with E-state index in [0.717, 1.165) is 18.5 Å². The molecular formula is C16H26N2O2. The minimum Gasteiger partial charge on any atom is -0.484 e. The first kappa shape index (κ1) is 16.3. The Bertz CT molecular complexity index is 401. The zero-order valence-electron chi connectivity index (χ0n) is 12.9. The second kappa shape index (κ2) is 8.46. The van der Waals surface area contributed by atoms with Gasteiger partial charge in [0.15, 0.2) is 6.61 Å². The molecule has 1 aromatic carbocycles. The molecule has 0 aliphatic heterocycles. The zero-order chi connectivity index (χ0) is 15.0. The molecule has 20 heavy (non-hydrogen) atoms. The average molecular weight is 278 g/mol. The summed E-state index contributed by atoms with van der Waals surface area (Å²) in [6.07, 6.45) is 2.12. The third kappa shape index (κ3) is 6.45. The van der Waals surface area contributed by atoms with Crippen LogP contribution >= 0.6 is 0 Å². The Morgan fingerprint density at radius 1 is 1.15 bits per heavy atom. The van der Waals surface area contributed by atoms with Crippen molar-refractivity contribution in [3.8, 4) is 5.75 Å². The summed E-state index contributed by atoms with van der Waals surface area (Å²) in [4.78, 5) is 11.7. The van der Waals surface area contributed by atoms with E-state index in [-0.39, 0.29) is 18.6 Å². The highest BCUT2D eigenvalue weighted by atomic mass is 16.5. The third-order valence-corrected chi connectivity index (χ3v) is 3.10. The fraction of sp³-hybridized carbons (Fsp3) is 0.562. The normalized spacial score (nSPS) is 12.1. The largest absolute Gasteiger partial charge is 0.484 e. The summed E-state index contributed by atoms with van der Waals surface area (Å²) >= 11 is 0. The first-order chi connectivity index (χ1) is 9.51. The van der Waals surface area contributed by atoms with Gasteiger partial charge in [0, 0.05) is 18.8 Å². The lowest BCUT2D eigenvalue weighted by Gasteiger charge is -2.15. The number of ether oxygens (including phenoxy) is 1. The predicted molar refractivity (Wildman–Crippen MR) is 83.2 cm³/mol. The molecule has 0 bridgehead atoms. The molecule has 2 N–H and O–H groups in total. The second-order valence-electron chi connectivity index (χ2n) is 5.50. The van der Waals surface area contributed by atoms with Gasteiger partial charge in [-0.2, -0.15) is 0 Å². The minimum atomic E-state index is -0.0704. The van der Waals surface area contributed by atoms with E-state index in [2.05, 4.69) is 24.5 Å². The number of hydrogen-bond donors (Lipinski definition) is 2. The van der Waals surface area contributed by atoms with Crippen molar-refractivity contribution in [3.63, 3.8) is 0 Å². The number of amides is 1. The van der Waals surface area contributed by atoms with E-state index < -0.39 is 0 Å². The van der Waals surface area contributed by atoms with Crippen molar-refractivity contribution in [2.24, 2.45) is 5.92 Å². The molecule has 1 rings (SSSR count). The zero-order valence-corrected chi connectivity index (χ0v) is 12.9. The first-order valence-corrected chi connectivity index (χ1v) is 7.21. The number of rotatable bonds is 8. The van der Waals surface area contributed by atoms with E-state index in [1.54, 1.807) is 0 Å². The quantitative estimate of drug-likeness (QED) is 0.768. The van der Waals surface area contributed by atoms with Gasteiger partial charge in [-0.3, -0.25) is 4.79 Å². The maximum atomic E-state index is 11.7. The molecule has 0 saturated carbocycles. The number of carbonyl (C=O) groups excluding carboxylic acids is 1. The third-order valence-electron chi connectivity index (χ3n) is 3.10. The van der Waals surface area contributed by atoms with Crippen molar-refractivity contribution in [3.05, 3.63) is 24.3 Å². The van der Waals surface area contributed by atoms with Crippen molar-refractivity contribution in [1.29, 1.82) is 0 Å². The smallest absolute Gasteiger partial charge is 0.258 e. The Morgan fingerprint density at radius 3 is 2.35 bits per heavy atom. The number of hydrogen-bond acceptors (Lipinski definition) is 3. The molecule has 112 valence electrons. The lowest BCUT2D eigenvalue weighted by molar-refractivity contribution is -0.123. The van der Waals surface area contributed by atoms with Crippen LogP contribution in [-0.2, 0) is 4.79 Å². The first-order valence-electron chi connectivity index (χ1n) is 7.21. The van der Waals surface area contributed by atoms with E-state index in [1.807, 2.05) is 38.2 Å². The fourth-order valence-electron chi connectivity index (χ4n) is 1.84. The molecule has 1 atom stereocenters. The van der Waals surface area contributed by atoms with Gasteiger partial charge < -0.3 is 15.4 Å². The van der Waals surface area contributed by atoms with Gasteiger partial charge in [-0.05, 0) is 49.9 Å². The molecule has 0 saturated heterocycles. The predicted octanol–water partition coefficient (Wildman–Crippen LogP) is 3.05. The van der Waals surface area contributed by atoms with Crippen LogP contribution in [0.25, 0.3) is 0 Å². The summed E-state index contributed by atoms with van der Waals surface area (Å²) < 4.78 is 5.45. The van der Waals surface area contributed by atoms with Gasteiger partial charge in [-0.1, -0.05) is 13.8 Å². The molecule has 0 fully saturated rings. The lowest BCUT2D eigenvalue weighted by atomic mass is 10.0. The van der Waals surface area contributed by atoms with Gasteiger partial charge in [0.1, 0.15) is 5.75 Å². The molecule has 0 aliphatic rings. The second-order valence-corrected chi connectivity index (χ2v) is 5.50. The molecule has 0 heterocycles. The molecule has 0 aromatic heterocycles. The summed E-state index contributed by atoms with van der Waals surface area (Å²) in [5.41, 5.74) is 1.02. The topological polar surface area (TPSA) is 50.4 Å². The molecule has 0 spiro atoms. The molecule has 1 aromatic rings. The maximum absolute atomic E-state index is 11.7. The van der Waals surface area contributed by atoms with Crippen LogP contribution in [0, 0.1) is 5.92 Å². The number of benzene rings is 1. The Kier molecular flexibility index (Phi) is 6.91. The van der Waals surface area contributed by atoms with Gasteiger partial charge in [-0.15, -0.1) is 0 Å². The van der Waals surface area contributed by atoms with Crippen LogP contribution in [0.3, 0.4) is 0 Å². The van der Waals surface area contributed by atoms with Gasteiger partial charge in [0.05, 0.1) is 0 Å². The fourth-order valence-corrected chi connectivity index (χ4v) is 1.84. The highest BCUT2D eigenvalue weighted by molar-refractivity contribution is 5.77. The van der Waals surface area contributed by atoms with Crippen LogP contribution < -0.4 is 15.4 Å². The minimum absolute atomic E-state index is 0.0604. The number of anilines is 1. The van der Waals surface area contributed by atoms with Crippen LogP contribution in [0.4, 0.5) is 5.69 Å². The lowest BCUT2D eigenvalue weighted by Crippen LogP contribution is -2.36. The van der Waals surface area contributed by atoms with Crippen LogP contribution in [0.5, 0.6) is 5.75 Å². The van der Waals surface area contributed by atoms with Gasteiger partial charge >= 0.3 is 0 Å². The molecule has 0 aliphatic carbocycles. The van der Waals surface area contributed by atoms with Gasteiger partial charge in [0.25, 0.3) is 5.91 Å². The van der Waals surface area contributed by atoms with Crippen LogP contribution in [-0.4, -0.2) is 25.6 Å². The van der Waals surface area contributed by atoms with Gasteiger partial charge in [0.2, 0.25) is 0 Å². The maximum Gasteiger partial charge on any atom is 0.258 e. The van der Waals surface area contributed by atoms with Crippen LogP contribution in [0.2, 0.25) is 0 Å². The van der Waals surface area contributed by atoms with E-state index in [0.29, 0.717) is 11.7 Å². The van der Waals surface area contributed by atoms with E-state index in [1.165, 1.54) is 0 Å². The Morgan fingerprint density at radius 2 is 1.80 bits per heavy atom. The highest BCUT2D eigenvalue weighted by Crippen LogP contribution is 2.14. The van der Waals surface area contributed by atoms with Gasteiger partial charge in [-0.25, -0.2) is 0 Å². The molecule has 4 nitrogen and oxygen atoms in total. The van der Waals surface area contributed by atoms with Crippen molar-refractivity contribution in [2.75, 3.05) is 19.0 Å². The Labute approximate surface area is 121 Å². The molecule has 0 radical (unpaired) electrons. The van der Waals surface area contributed by atoms with E-state index in [9.17, 15) is 4.79 Å². The average Bonchev–Trinajstić information content (AvgIpc) is 2.43. The van der Waals surface area contributed by atoms with Crippen molar-refractivity contribution >= 4 is 11.6 Å². The monoisotopic (exact) mass is 278 g/mol. The summed E-state index contributed by atoms with van der Waals surface area (Å²) in [5.74, 6) is 1.30. The van der Waals surface area contributed by atoms with Crippen molar-refractivity contribution in [1.82, 2.24) is 5.32 Å². The Hall–Kier alpha value is -1.71. The Balaban J connectivity index is 2.28. The standard InChI is InChI=1S/C16H26N2O2/c1-12(2)5-6-13(3)18-16(19)11-20-15-9-7-14(17-4)8-10-15/h7-10,12-13,17H,5-6,11H2,1-4H3,(H,18,19). The summed E-state index contributed by atoms with van der Waals surface area (Å²) in [7, 11) is 1.86. The highest BCUT2D eigenvalue weighted by Gasteiger charge is 2.08. The SMILES string of the molecule is CNc1ccc(OCC(=O)NC(C)CCC(C)C)cc1. The molecule has 1 amide bonds. The molecule has 4 heteroatoms. The summed E-state index contributed by atoms with van der Waals surface area (Å²) in [6, 6.07) is 7.72. The van der Waals surface area contributed by atoms with E-state index >= 15 is 0 Å².